The van der Waals surface area contributed by atoms with Crippen LogP contribution in [-0.2, 0) is 4.79 Å². The van der Waals surface area contributed by atoms with Crippen molar-refractivity contribution >= 4 is 5.97 Å². The second-order valence-corrected chi connectivity index (χ2v) is 8.52. The highest BCUT2D eigenvalue weighted by Crippen LogP contribution is 2.29. The van der Waals surface area contributed by atoms with Crippen molar-refractivity contribution < 1.29 is 20.1 Å². The minimum atomic E-state index is -0.737. The van der Waals surface area contributed by atoms with Crippen LogP contribution >= 0.6 is 0 Å². The van der Waals surface area contributed by atoms with Crippen LogP contribution in [0.5, 0.6) is 0 Å². The number of hydrogen-bond acceptors (Lipinski definition) is 3. The molecule has 0 aliphatic carbocycles. The van der Waals surface area contributed by atoms with Crippen LogP contribution in [0.3, 0.4) is 0 Å². The Morgan fingerprint density at radius 3 is 1.78 bits per heavy atom. The highest BCUT2D eigenvalue weighted by molar-refractivity contribution is 5.67. The van der Waals surface area contributed by atoms with Crippen molar-refractivity contribution in [3.8, 4) is 0 Å². The Bertz CT molecular complexity index is 323. The summed E-state index contributed by atoms with van der Waals surface area (Å²) >= 11 is 0. The van der Waals surface area contributed by atoms with E-state index in [4.69, 9.17) is 10.2 Å². The van der Waals surface area contributed by atoms with Gasteiger partial charge in [0, 0.05) is 6.61 Å². The van der Waals surface area contributed by atoms with E-state index in [2.05, 4.69) is 13.8 Å². The summed E-state index contributed by atoms with van der Waals surface area (Å²) < 4.78 is 0. The second-order valence-electron chi connectivity index (χ2n) is 8.52. The first-order valence-corrected chi connectivity index (χ1v) is 9.09. The Morgan fingerprint density at radius 2 is 1.35 bits per heavy atom. The van der Waals surface area contributed by atoms with Crippen LogP contribution in [0.2, 0.25) is 0 Å². The van der Waals surface area contributed by atoms with Crippen LogP contribution in [0.4, 0.5) is 0 Å². The molecule has 1 atom stereocenters. The van der Waals surface area contributed by atoms with Gasteiger partial charge in [0.05, 0.1) is 12.5 Å². The van der Waals surface area contributed by atoms with Crippen molar-refractivity contribution in [3.05, 3.63) is 0 Å². The number of carboxylic acids is 1. The van der Waals surface area contributed by atoms with Gasteiger partial charge in [-0.1, -0.05) is 53.4 Å². The van der Waals surface area contributed by atoms with Gasteiger partial charge in [0.25, 0.3) is 0 Å². The molecule has 0 aromatic rings. The van der Waals surface area contributed by atoms with Gasteiger partial charge in [-0.2, -0.15) is 0 Å². The molecule has 1 unspecified atom stereocenters. The van der Waals surface area contributed by atoms with Crippen molar-refractivity contribution in [2.24, 2.45) is 10.8 Å². The molecule has 0 saturated heterocycles. The first-order chi connectivity index (χ1) is 10.6. The van der Waals surface area contributed by atoms with Gasteiger partial charge in [-0.25, -0.2) is 0 Å². The van der Waals surface area contributed by atoms with Crippen molar-refractivity contribution in [1.29, 1.82) is 0 Å². The average Bonchev–Trinajstić information content (AvgIpc) is 2.38. The maximum Gasteiger partial charge on any atom is 0.303 e. The van der Waals surface area contributed by atoms with Gasteiger partial charge in [-0.15, -0.1) is 0 Å². The van der Waals surface area contributed by atoms with Gasteiger partial charge in [0.1, 0.15) is 0 Å². The Hall–Kier alpha value is -0.610. The van der Waals surface area contributed by atoms with Gasteiger partial charge < -0.3 is 15.3 Å². The Kier molecular flexibility index (Phi) is 10.7. The third-order valence-electron chi connectivity index (χ3n) is 4.70. The van der Waals surface area contributed by atoms with E-state index in [1.165, 1.54) is 0 Å². The lowest BCUT2D eigenvalue weighted by atomic mass is 9.83. The largest absolute Gasteiger partial charge is 0.481 e. The number of aliphatic hydroxyl groups is 2. The third kappa shape index (κ3) is 13.5. The van der Waals surface area contributed by atoms with E-state index in [1.54, 1.807) is 0 Å². The van der Waals surface area contributed by atoms with Crippen molar-refractivity contribution in [1.82, 2.24) is 0 Å². The lowest BCUT2D eigenvalue weighted by molar-refractivity contribution is -0.139. The van der Waals surface area contributed by atoms with Crippen LogP contribution in [0.25, 0.3) is 0 Å². The van der Waals surface area contributed by atoms with E-state index >= 15 is 0 Å². The van der Waals surface area contributed by atoms with E-state index in [0.29, 0.717) is 0 Å². The van der Waals surface area contributed by atoms with E-state index in [9.17, 15) is 9.90 Å². The quantitative estimate of drug-likeness (QED) is 0.413. The zero-order valence-electron chi connectivity index (χ0n) is 15.6. The van der Waals surface area contributed by atoms with Gasteiger partial charge in [0.15, 0.2) is 0 Å². The molecule has 0 heterocycles. The third-order valence-corrected chi connectivity index (χ3v) is 4.70. The second kappa shape index (κ2) is 11.0. The lowest BCUT2D eigenvalue weighted by Gasteiger charge is -2.23. The first-order valence-electron chi connectivity index (χ1n) is 9.09. The summed E-state index contributed by atoms with van der Waals surface area (Å²) in [6.07, 6.45) is 8.48. The van der Waals surface area contributed by atoms with E-state index in [0.717, 1.165) is 57.8 Å². The Labute approximate surface area is 142 Å². The molecule has 0 radical (unpaired) electrons. The van der Waals surface area contributed by atoms with Crippen LogP contribution in [0.15, 0.2) is 0 Å². The number of carboxylic acid groups (broad SMARTS) is 1. The molecule has 138 valence electrons. The highest BCUT2D eigenvalue weighted by Gasteiger charge is 2.21. The molecule has 0 bridgehead atoms. The molecule has 4 heteroatoms. The number of aliphatic carboxylic acids is 1. The van der Waals surface area contributed by atoms with Crippen molar-refractivity contribution in [3.63, 3.8) is 0 Å². The highest BCUT2D eigenvalue weighted by atomic mass is 16.4. The Morgan fingerprint density at radius 1 is 0.870 bits per heavy atom. The van der Waals surface area contributed by atoms with Gasteiger partial charge in [-0.05, 0) is 42.9 Å². The molecule has 0 rings (SSSR count). The molecule has 0 aromatic heterocycles. The fourth-order valence-electron chi connectivity index (χ4n) is 3.04. The number of aliphatic hydroxyl groups excluding tert-OH is 2. The number of unbranched alkanes of at least 4 members (excludes halogenated alkanes) is 2. The summed E-state index contributed by atoms with van der Waals surface area (Å²) in [4.78, 5) is 10.8. The van der Waals surface area contributed by atoms with Gasteiger partial charge >= 0.3 is 5.97 Å². The maximum absolute atomic E-state index is 10.8. The minimum absolute atomic E-state index is 0.158. The predicted octanol–water partition coefficient (Wildman–Crippen LogP) is 4.38. The fourth-order valence-corrected chi connectivity index (χ4v) is 3.04. The number of carbonyl (C=O) groups is 1. The zero-order valence-corrected chi connectivity index (χ0v) is 15.6. The topological polar surface area (TPSA) is 77.8 Å². The van der Waals surface area contributed by atoms with Crippen molar-refractivity contribution in [2.45, 2.75) is 98.0 Å². The van der Waals surface area contributed by atoms with Crippen LogP contribution in [0.1, 0.15) is 91.9 Å². The molecule has 0 aromatic carbocycles. The minimum Gasteiger partial charge on any atom is -0.481 e. The number of rotatable bonds is 14. The normalized spacial score (nSPS) is 14.0. The summed E-state index contributed by atoms with van der Waals surface area (Å²) in [5.41, 5.74) is 0.0322. The maximum atomic E-state index is 10.8. The molecular weight excluding hydrogens is 292 g/mol. The molecule has 0 aliphatic rings. The molecule has 0 aliphatic heterocycles. The molecule has 0 fully saturated rings. The van der Waals surface area contributed by atoms with Crippen LogP contribution in [0, 0.1) is 10.8 Å². The summed E-state index contributed by atoms with van der Waals surface area (Å²) in [5.74, 6) is -0.737. The van der Waals surface area contributed by atoms with E-state index in [1.807, 2.05) is 13.8 Å². The number of hydrogen-bond donors (Lipinski definition) is 3. The molecule has 0 spiro atoms. The standard InChI is InChI=1S/C19H38O4/c1-18(2,13-14-20)11-7-5-9-16(21)10-6-8-12-19(3,4)15-17(22)23/h16,20-21H,5-15H2,1-4H3,(H,22,23). The summed E-state index contributed by atoms with van der Waals surface area (Å²) in [7, 11) is 0. The smallest absolute Gasteiger partial charge is 0.303 e. The fraction of sp³-hybridized carbons (Fsp3) is 0.947. The van der Waals surface area contributed by atoms with Gasteiger partial charge in [0.2, 0.25) is 0 Å². The molecule has 4 nitrogen and oxygen atoms in total. The summed E-state index contributed by atoms with van der Waals surface area (Å²) in [6.45, 7) is 8.59. The summed E-state index contributed by atoms with van der Waals surface area (Å²) in [5, 5.41) is 27.9. The SMILES string of the molecule is CC(C)(CCO)CCCCC(O)CCCCC(C)(C)CC(=O)O. The predicted molar refractivity (Wildman–Crippen MR) is 94.5 cm³/mol. The first kappa shape index (κ1) is 22.4. The van der Waals surface area contributed by atoms with Gasteiger partial charge in [-0.3, -0.25) is 4.79 Å². The Balaban J connectivity index is 3.68. The van der Waals surface area contributed by atoms with Crippen LogP contribution < -0.4 is 0 Å². The lowest BCUT2D eigenvalue weighted by Crippen LogP contribution is -2.17. The molecule has 0 amide bonds. The average molecular weight is 331 g/mol. The van der Waals surface area contributed by atoms with E-state index < -0.39 is 5.97 Å². The molecule has 3 N–H and O–H groups in total. The monoisotopic (exact) mass is 330 g/mol. The molecular formula is C19H38O4. The van der Waals surface area contributed by atoms with Crippen molar-refractivity contribution in [2.75, 3.05) is 6.61 Å². The molecule has 23 heavy (non-hydrogen) atoms. The molecule has 0 saturated carbocycles. The summed E-state index contributed by atoms with van der Waals surface area (Å²) in [6, 6.07) is 0. The van der Waals surface area contributed by atoms with Crippen LogP contribution in [-0.4, -0.2) is 34.0 Å². The van der Waals surface area contributed by atoms with E-state index in [-0.39, 0.29) is 30.0 Å². The zero-order chi connectivity index (χ0) is 17.9.